The van der Waals surface area contributed by atoms with E-state index in [1.54, 1.807) is 0 Å². The average molecular weight is 414 g/mol. The van der Waals surface area contributed by atoms with Crippen molar-refractivity contribution in [3.63, 3.8) is 0 Å². The molecule has 0 fully saturated rings. The number of hydrogen-bond donors (Lipinski definition) is 8. The van der Waals surface area contributed by atoms with Crippen LogP contribution in [-0.4, -0.2) is 86.2 Å². The van der Waals surface area contributed by atoms with Gasteiger partial charge in [0, 0.05) is 18.3 Å². The Bertz CT molecular complexity index is 737. The number of carboxylic acid groups (broad SMARTS) is 2. The molecule has 1 heterocycles. The zero-order valence-corrected chi connectivity index (χ0v) is 15.1. The second-order valence-electron chi connectivity index (χ2n) is 5.91. The molecule has 160 valence electrons. The lowest BCUT2D eigenvalue weighted by molar-refractivity contribution is -0.147. The van der Waals surface area contributed by atoms with Gasteiger partial charge in [0.05, 0.1) is 31.9 Å². The lowest BCUT2D eigenvalue weighted by atomic mass is 10.1. The Morgan fingerprint density at radius 1 is 1.10 bits per heavy atom. The number of hydrogen-bond acceptors (Lipinski definition) is 8. The van der Waals surface area contributed by atoms with Crippen LogP contribution < -0.4 is 21.7 Å². The summed E-state index contributed by atoms with van der Waals surface area (Å²) >= 11 is 0. The summed E-state index contributed by atoms with van der Waals surface area (Å²) in [6, 6.07) is -4.26. The average Bonchev–Trinajstić information content (AvgIpc) is 3.15. The minimum atomic E-state index is -1.74. The first-order valence-corrected chi connectivity index (χ1v) is 8.29. The van der Waals surface area contributed by atoms with E-state index in [0.717, 1.165) is 0 Å². The van der Waals surface area contributed by atoms with Gasteiger partial charge in [0.25, 0.3) is 0 Å². The predicted octanol–water partition coefficient (Wildman–Crippen LogP) is -4.08. The van der Waals surface area contributed by atoms with Gasteiger partial charge in [-0.25, -0.2) is 9.78 Å². The van der Waals surface area contributed by atoms with Crippen molar-refractivity contribution < 1.29 is 39.3 Å². The number of carbonyl (C=O) groups excluding carboxylic acids is 3. The molecule has 0 spiro atoms. The first-order chi connectivity index (χ1) is 13.6. The molecular formula is C15H22N6O8. The van der Waals surface area contributed by atoms with E-state index < -0.39 is 67.4 Å². The topological polar surface area (TPSA) is 237 Å². The standard InChI is InChI=1S/C15H22N6O8/c16-8(1-7-3-17-6-19-7)13(26)18-4-11(23)20-10(5-22)14(27)21-9(15(28)29)2-12(24)25/h3,6,8-10,22H,1-2,4-5,16H2,(H,17,19)(H,18,26)(H,20,23)(H,21,27)(H,24,25)(H,28,29). The quantitative estimate of drug-likeness (QED) is 0.164. The van der Waals surface area contributed by atoms with Crippen molar-refractivity contribution in [3.05, 3.63) is 18.2 Å². The molecule has 14 heteroatoms. The van der Waals surface area contributed by atoms with Crippen molar-refractivity contribution in [1.29, 1.82) is 0 Å². The Labute approximate surface area is 163 Å². The molecule has 0 aliphatic carbocycles. The predicted molar refractivity (Wildman–Crippen MR) is 94.1 cm³/mol. The van der Waals surface area contributed by atoms with Crippen molar-refractivity contribution in [1.82, 2.24) is 25.9 Å². The van der Waals surface area contributed by atoms with Gasteiger partial charge in [-0.05, 0) is 0 Å². The first-order valence-electron chi connectivity index (χ1n) is 8.29. The van der Waals surface area contributed by atoms with E-state index in [1.165, 1.54) is 12.5 Å². The highest BCUT2D eigenvalue weighted by atomic mass is 16.4. The van der Waals surface area contributed by atoms with Gasteiger partial charge in [0.2, 0.25) is 17.7 Å². The van der Waals surface area contributed by atoms with Crippen molar-refractivity contribution in [2.24, 2.45) is 5.73 Å². The molecule has 3 atom stereocenters. The molecule has 29 heavy (non-hydrogen) atoms. The zero-order chi connectivity index (χ0) is 22.0. The molecule has 0 aliphatic heterocycles. The largest absolute Gasteiger partial charge is 0.481 e. The second-order valence-corrected chi connectivity index (χ2v) is 5.91. The van der Waals surface area contributed by atoms with Gasteiger partial charge >= 0.3 is 11.9 Å². The minimum Gasteiger partial charge on any atom is -0.481 e. The number of aliphatic hydroxyl groups excluding tert-OH is 1. The molecule has 1 aromatic heterocycles. The fourth-order valence-corrected chi connectivity index (χ4v) is 2.11. The molecular weight excluding hydrogens is 392 g/mol. The number of nitrogens with one attached hydrogen (secondary N) is 4. The van der Waals surface area contributed by atoms with Gasteiger partial charge in [-0.2, -0.15) is 0 Å². The van der Waals surface area contributed by atoms with E-state index in [0.29, 0.717) is 5.69 Å². The normalized spacial score (nSPS) is 13.6. The van der Waals surface area contributed by atoms with Gasteiger partial charge in [-0.1, -0.05) is 0 Å². The highest BCUT2D eigenvalue weighted by molar-refractivity contribution is 5.93. The number of aromatic amines is 1. The summed E-state index contributed by atoms with van der Waals surface area (Å²) in [5.74, 6) is -5.66. The van der Waals surface area contributed by atoms with Crippen LogP contribution in [0.5, 0.6) is 0 Å². The van der Waals surface area contributed by atoms with Crippen LogP contribution in [0.2, 0.25) is 0 Å². The summed E-state index contributed by atoms with van der Waals surface area (Å²) in [4.78, 5) is 63.9. The summed E-state index contributed by atoms with van der Waals surface area (Å²) in [5, 5.41) is 33.0. The van der Waals surface area contributed by atoms with E-state index in [9.17, 15) is 29.1 Å². The van der Waals surface area contributed by atoms with Crippen LogP contribution in [0.4, 0.5) is 0 Å². The Morgan fingerprint density at radius 3 is 2.31 bits per heavy atom. The number of aliphatic carboxylic acids is 2. The SMILES string of the molecule is NC(Cc1cnc[nH]1)C(=O)NCC(=O)NC(CO)C(=O)NC(CC(=O)O)C(=O)O. The molecule has 0 saturated heterocycles. The highest BCUT2D eigenvalue weighted by Crippen LogP contribution is 1.97. The first kappa shape index (κ1) is 23.5. The molecule has 0 bridgehead atoms. The smallest absolute Gasteiger partial charge is 0.326 e. The highest BCUT2D eigenvalue weighted by Gasteiger charge is 2.28. The number of nitrogens with two attached hydrogens (primary N) is 1. The molecule has 1 aromatic rings. The van der Waals surface area contributed by atoms with Crippen LogP contribution in [0.25, 0.3) is 0 Å². The van der Waals surface area contributed by atoms with Crippen LogP contribution in [0.1, 0.15) is 12.1 Å². The third-order valence-electron chi connectivity index (χ3n) is 3.58. The van der Waals surface area contributed by atoms with Crippen LogP contribution in [0, 0.1) is 0 Å². The number of aliphatic hydroxyl groups is 1. The Hall–Kier alpha value is -3.52. The van der Waals surface area contributed by atoms with Gasteiger partial charge in [0.1, 0.15) is 12.1 Å². The third-order valence-corrected chi connectivity index (χ3v) is 3.58. The Kier molecular flexibility index (Phi) is 9.21. The van der Waals surface area contributed by atoms with Crippen molar-refractivity contribution >= 4 is 29.7 Å². The second kappa shape index (κ2) is 11.4. The number of amides is 3. The number of aromatic nitrogens is 2. The fraction of sp³-hybridized carbons (Fsp3) is 0.467. The number of carbonyl (C=O) groups is 5. The molecule has 0 aliphatic rings. The maximum atomic E-state index is 12.0. The number of rotatable bonds is 12. The van der Waals surface area contributed by atoms with Crippen molar-refractivity contribution in [2.45, 2.75) is 31.0 Å². The van der Waals surface area contributed by atoms with Gasteiger partial charge in [0.15, 0.2) is 0 Å². The summed E-state index contributed by atoms with van der Waals surface area (Å²) in [7, 11) is 0. The van der Waals surface area contributed by atoms with Crippen LogP contribution in [0.15, 0.2) is 12.5 Å². The monoisotopic (exact) mass is 414 g/mol. The van der Waals surface area contributed by atoms with E-state index in [2.05, 4.69) is 20.6 Å². The van der Waals surface area contributed by atoms with Gasteiger partial charge in [-0.3, -0.25) is 19.2 Å². The van der Waals surface area contributed by atoms with Gasteiger partial charge in [-0.15, -0.1) is 0 Å². The molecule has 9 N–H and O–H groups in total. The van der Waals surface area contributed by atoms with Crippen molar-refractivity contribution in [3.8, 4) is 0 Å². The number of carboxylic acids is 2. The van der Waals surface area contributed by atoms with Crippen molar-refractivity contribution in [2.75, 3.05) is 13.2 Å². The molecule has 3 amide bonds. The molecule has 0 radical (unpaired) electrons. The fourth-order valence-electron chi connectivity index (χ4n) is 2.11. The molecule has 1 rings (SSSR count). The maximum absolute atomic E-state index is 12.0. The minimum absolute atomic E-state index is 0.148. The lowest BCUT2D eigenvalue weighted by Crippen LogP contribution is -2.55. The summed E-state index contributed by atoms with van der Waals surface area (Å²) in [5.41, 5.74) is 6.31. The van der Waals surface area contributed by atoms with Crippen LogP contribution >= 0.6 is 0 Å². The van der Waals surface area contributed by atoms with E-state index in [1.807, 2.05) is 5.32 Å². The van der Waals surface area contributed by atoms with E-state index in [4.69, 9.17) is 15.9 Å². The summed E-state index contributed by atoms with van der Waals surface area (Å²) < 4.78 is 0. The van der Waals surface area contributed by atoms with E-state index >= 15 is 0 Å². The Balaban J connectivity index is 2.50. The lowest BCUT2D eigenvalue weighted by Gasteiger charge is -2.19. The molecule has 3 unspecified atom stereocenters. The number of nitrogens with zero attached hydrogens (tertiary/aromatic N) is 1. The molecule has 14 nitrogen and oxygen atoms in total. The third kappa shape index (κ3) is 8.35. The summed E-state index contributed by atoms with van der Waals surface area (Å²) in [6.07, 6.45) is 2.16. The Morgan fingerprint density at radius 2 is 1.79 bits per heavy atom. The van der Waals surface area contributed by atoms with Crippen LogP contribution in [-0.2, 0) is 30.4 Å². The number of H-pyrrole nitrogens is 1. The molecule has 0 saturated carbocycles. The maximum Gasteiger partial charge on any atom is 0.326 e. The van der Waals surface area contributed by atoms with Crippen LogP contribution in [0.3, 0.4) is 0 Å². The molecule has 0 aromatic carbocycles. The van der Waals surface area contributed by atoms with E-state index in [-0.39, 0.29) is 6.42 Å². The van der Waals surface area contributed by atoms with Gasteiger partial charge < -0.3 is 42.0 Å². The zero-order valence-electron chi connectivity index (χ0n) is 15.1. The number of imidazole rings is 1. The summed E-state index contributed by atoms with van der Waals surface area (Å²) in [6.45, 7) is -1.44.